The first-order valence-corrected chi connectivity index (χ1v) is 7.35. The van der Waals surface area contributed by atoms with Crippen LogP contribution in [0.25, 0.3) is 0 Å². The normalized spacial score (nSPS) is 23.0. The second-order valence-corrected chi connectivity index (χ2v) is 5.52. The molecule has 0 saturated carbocycles. The maximum absolute atomic E-state index is 11.9. The lowest BCUT2D eigenvalue weighted by Crippen LogP contribution is -2.45. The summed E-state index contributed by atoms with van der Waals surface area (Å²) in [4.78, 5) is 11.9. The van der Waals surface area contributed by atoms with Crippen molar-refractivity contribution in [2.24, 2.45) is 5.73 Å². The van der Waals surface area contributed by atoms with Crippen LogP contribution in [0.3, 0.4) is 0 Å². The lowest BCUT2D eigenvalue weighted by molar-refractivity contribution is -0.123. The van der Waals surface area contributed by atoms with Gasteiger partial charge in [-0.25, -0.2) is 0 Å². The minimum absolute atomic E-state index is 0.00436. The van der Waals surface area contributed by atoms with Gasteiger partial charge in [-0.1, -0.05) is 30.3 Å². The van der Waals surface area contributed by atoms with Crippen molar-refractivity contribution in [2.45, 2.75) is 30.9 Å². The molecular formula is C16H24N2O3. The van der Waals surface area contributed by atoms with Crippen LogP contribution in [0.4, 0.5) is 0 Å². The molecule has 21 heavy (non-hydrogen) atoms. The molecule has 1 aromatic carbocycles. The van der Waals surface area contributed by atoms with Gasteiger partial charge in [-0.2, -0.15) is 0 Å². The van der Waals surface area contributed by atoms with E-state index in [2.05, 4.69) is 5.32 Å². The summed E-state index contributed by atoms with van der Waals surface area (Å²) in [5.41, 5.74) is 6.78. The molecule has 5 nitrogen and oxygen atoms in total. The molecule has 1 saturated heterocycles. The third-order valence-electron chi connectivity index (χ3n) is 4.02. The van der Waals surface area contributed by atoms with Gasteiger partial charge in [0.15, 0.2) is 0 Å². The van der Waals surface area contributed by atoms with Crippen molar-refractivity contribution in [1.29, 1.82) is 0 Å². The molecule has 1 aromatic rings. The molecule has 1 aliphatic rings. The van der Waals surface area contributed by atoms with E-state index in [4.69, 9.17) is 15.2 Å². The maximum Gasteiger partial charge on any atom is 0.220 e. The monoisotopic (exact) mass is 292 g/mol. The molecule has 0 aromatic heterocycles. The fourth-order valence-corrected chi connectivity index (χ4v) is 2.46. The van der Waals surface area contributed by atoms with Crippen LogP contribution in [0.5, 0.6) is 0 Å². The van der Waals surface area contributed by atoms with E-state index >= 15 is 0 Å². The Morgan fingerprint density at radius 3 is 2.86 bits per heavy atom. The molecule has 0 aliphatic carbocycles. The molecule has 1 amide bonds. The van der Waals surface area contributed by atoms with Crippen LogP contribution >= 0.6 is 0 Å². The lowest BCUT2D eigenvalue weighted by Gasteiger charge is -2.26. The van der Waals surface area contributed by atoms with Crippen LogP contribution in [0, 0.1) is 0 Å². The number of methoxy groups -OCH3 is 1. The highest BCUT2D eigenvalue weighted by molar-refractivity contribution is 5.76. The van der Waals surface area contributed by atoms with Crippen molar-refractivity contribution >= 4 is 5.91 Å². The van der Waals surface area contributed by atoms with Crippen molar-refractivity contribution in [1.82, 2.24) is 5.32 Å². The molecule has 5 heteroatoms. The molecule has 2 atom stereocenters. The summed E-state index contributed by atoms with van der Waals surface area (Å²) in [5, 5.41) is 2.92. The number of amides is 1. The Kier molecular flexibility index (Phi) is 5.73. The molecule has 3 N–H and O–H groups in total. The van der Waals surface area contributed by atoms with Gasteiger partial charge in [-0.15, -0.1) is 0 Å². The van der Waals surface area contributed by atoms with E-state index in [0.29, 0.717) is 32.6 Å². The number of rotatable bonds is 7. The molecule has 0 spiro atoms. The van der Waals surface area contributed by atoms with Crippen LogP contribution in [-0.2, 0) is 14.3 Å². The van der Waals surface area contributed by atoms with Gasteiger partial charge in [-0.3, -0.25) is 4.79 Å². The van der Waals surface area contributed by atoms with Crippen LogP contribution in [0.1, 0.15) is 30.9 Å². The summed E-state index contributed by atoms with van der Waals surface area (Å²) in [5.74, 6) is 0.00436. The predicted octanol–water partition coefficient (Wildman–Crippen LogP) is 1.39. The van der Waals surface area contributed by atoms with Gasteiger partial charge in [0, 0.05) is 39.1 Å². The third-order valence-corrected chi connectivity index (χ3v) is 4.02. The van der Waals surface area contributed by atoms with Crippen molar-refractivity contribution in [3.8, 4) is 0 Å². The summed E-state index contributed by atoms with van der Waals surface area (Å²) in [6.07, 6.45) is 1.86. The fraction of sp³-hybridized carbons (Fsp3) is 0.562. The zero-order valence-corrected chi connectivity index (χ0v) is 12.5. The highest BCUT2D eigenvalue weighted by Crippen LogP contribution is 2.21. The van der Waals surface area contributed by atoms with E-state index < -0.39 is 0 Å². The van der Waals surface area contributed by atoms with Crippen LogP contribution < -0.4 is 11.1 Å². The second-order valence-electron chi connectivity index (χ2n) is 5.52. The molecular weight excluding hydrogens is 268 g/mol. The standard InChI is InChI=1S/C16H24N2O3/c1-20-16(9-10-21-12-16)11-18-15(19)8-7-14(17)13-5-3-2-4-6-13/h2-6,14H,7-12,17H2,1H3,(H,18,19). The predicted molar refractivity (Wildman–Crippen MR) is 80.8 cm³/mol. The van der Waals surface area contributed by atoms with Gasteiger partial charge < -0.3 is 20.5 Å². The van der Waals surface area contributed by atoms with E-state index in [1.807, 2.05) is 30.3 Å². The first-order valence-electron chi connectivity index (χ1n) is 7.35. The highest BCUT2D eigenvalue weighted by atomic mass is 16.5. The molecule has 0 radical (unpaired) electrons. The van der Waals surface area contributed by atoms with Crippen molar-refractivity contribution in [3.05, 3.63) is 35.9 Å². The number of ether oxygens (including phenoxy) is 2. The zero-order chi connectivity index (χ0) is 15.1. The Balaban J connectivity index is 1.72. The number of hydrogen-bond acceptors (Lipinski definition) is 4. The average Bonchev–Trinajstić information content (AvgIpc) is 3.01. The summed E-state index contributed by atoms with van der Waals surface area (Å²) in [6, 6.07) is 9.73. The Morgan fingerprint density at radius 2 is 2.24 bits per heavy atom. The Morgan fingerprint density at radius 1 is 1.48 bits per heavy atom. The van der Waals surface area contributed by atoms with Crippen LogP contribution in [-0.4, -0.2) is 38.4 Å². The van der Waals surface area contributed by atoms with E-state index in [9.17, 15) is 4.79 Å². The summed E-state index contributed by atoms with van der Waals surface area (Å²) in [6.45, 7) is 1.71. The number of carbonyl (C=O) groups excluding carboxylic acids is 1. The second kappa shape index (κ2) is 7.54. The van der Waals surface area contributed by atoms with E-state index in [0.717, 1.165) is 12.0 Å². The number of nitrogens with one attached hydrogen (secondary N) is 1. The first kappa shape index (κ1) is 15.9. The summed E-state index contributed by atoms with van der Waals surface area (Å²) < 4.78 is 10.8. The minimum Gasteiger partial charge on any atom is -0.378 e. The van der Waals surface area contributed by atoms with Crippen molar-refractivity contribution in [2.75, 3.05) is 26.9 Å². The highest BCUT2D eigenvalue weighted by Gasteiger charge is 2.35. The maximum atomic E-state index is 11.9. The number of hydrogen-bond donors (Lipinski definition) is 2. The van der Waals surface area contributed by atoms with Gasteiger partial charge in [0.05, 0.1) is 6.61 Å². The molecule has 116 valence electrons. The van der Waals surface area contributed by atoms with E-state index in [1.54, 1.807) is 7.11 Å². The summed E-state index contributed by atoms with van der Waals surface area (Å²) in [7, 11) is 1.66. The van der Waals surface area contributed by atoms with Gasteiger partial charge >= 0.3 is 0 Å². The molecule has 1 heterocycles. The van der Waals surface area contributed by atoms with E-state index in [-0.39, 0.29) is 17.6 Å². The lowest BCUT2D eigenvalue weighted by atomic mass is 10.0. The Bertz CT molecular complexity index is 444. The molecule has 2 rings (SSSR count). The van der Waals surface area contributed by atoms with Crippen molar-refractivity contribution < 1.29 is 14.3 Å². The average molecular weight is 292 g/mol. The number of nitrogens with two attached hydrogens (primary N) is 1. The topological polar surface area (TPSA) is 73.6 Å². The van der Waals surface area contributed by atoms with E-state index in [1.165, 1.54) is 0 Å². The summed E-state index contributed by atoms with van der Waals surface area (Å²) >= 11 is 0. The Labute approximate surface area is 125 Å². The smallest absolute Gasteiger partial charge is 0.220 e. The molecule has 1 aliphatic heterocycles. The number of carbonyl (C=O) groups is 1. The largest absolute Gasteiger partial charge is 0.378 e. The van der Waals surface area contributed by atoms with Crippen molar-refractivity contribution in [3.63, 3.8) is 0 Å². The first-order chi connectivity index (χ1) is 10.2. The SMILES string of the molecule is COC1(CNC(=O)CCC(N)c2ccccc2)CCOC1. The van der Waals surface area contributed by atoms with Gasteiger partial charge in [0.25, 0.3) is 0 Å². The fourth-order valence-electron chi connectivity index (χ4n) is 2.46. The van der Waals surface area contributed by atoms with Crippen LogP contribution in [0.15, 0.2) is 30.3 Å². The van der Waals surface area contributed by atoms with Gasteiger partial charge in [-0.05, 0) is 12.0 Å². The Hall–Kier alpha value is -1.43. The third kappa shape index (κ3) is 4.52. The van der Waals surface area contributed by atoms with Gasteiger partial charge in [0.1, 0.15) is 5.60 Å². The zero-order valence-electron chi connectivity index (χ0n) is 12.5. The van der Waals surface area contributed by atoms with Gasteiger partial charge in [0.2, 0.25) is 5.91 Å². The molecule has 0 bridgehead atoms. The van der Waals surface area contributed by atoms with Crippen LogP contribution in [0.2, 0.25) is 0 Å². The quantitative estimate of drug-likeness (QED) is 0.796. The number of benzene rings is 1. The molecule has 1 fully saturated rings. The minimum atomic E-state index is -0.364. The molecule has 2 unspecified atom stereocenters.